The lowest BCUT2D eigenvalue weighted by molar-refractivity contribution is -0.145. The first-order valence-electron chi connectivity index (χ1n) is 6.48. The molecule has 2 aromatic rings. The number of carboxylic acid groups (broad SMARTS) is 1. The Labute approximate surface area is 122 Å². The monoisotopic (exact) mass is 306 g/mol. The van der Waals surface area contributed by atoms with Crippen molar-refractivity contribution in [2.45, 2.75) is 11.8 Å². The molecule has 0 saturated carbocycles. The standard InChI is InChI=1S/C14H14N2O4S/c1-9-4-5-12(11-3-2-6-15-13(9)11)21(19,20)16-7-10(8-16)14(17)18/h2-6,10H,7-8H2,1H3,(H,17,18). The quantitative estimate of drug-likeness (QED) is 0.922. The van der Waals surface area contributed by atoms with E-state index in [2.05, 4.69) is 4.98 Å². The van der Waals surface area contributed by atoms with Crippen molar-refractivity contribution in [3.8, 4) is 0 Å². The second kappa shape index (κ2) is 4.78. The summed E-state index contributed by atoms with van der Waals surface area (Å²) in [5, 5.41) is 9.43. The molecule has 1 N–H and O–H groups in total. The summed E-state index contributed by atoms with van der Waals surface area (Å²) >= 11 is 0. The molecule has 0 radical (unpaired) electrons. The number of carboxylic acids is 1. The van der Waals surface area contributed by atoms with Crippen LogP contribution in [-0.4, -0.2) is 41.9 Å². The Balaban J connectivity index is 2.05. The third-order valence-electron chi connectivity index (χ3n) is 3.75. The van der Waals surface area contributed by atoms with Gasteiger partial charge in [0.25, 0.3) is 0 Å². The first kappa shape index (κ1) is 14.0. The van der Waals surface area contributed by atoms with Gasteiger partial charge in [-0.2, -0.15) is 4.31 Å². The molecular weight excluding hydrogens is 292 g/mol. The molecule has 0 spiro atoms. The summed E-state index contributed by atoms with van der Waals surface area (Å²) in [5.41, 5.74) is 1.55. The minimum Gasteiger partial charge on any atom is -0.481 e. The Morgan fingerprint density at radius 3 is 2.71 bits per heavy atom. The van der Waals surface area contributed by atoms with E-state index in [-0.39, 0.29) is 18.0 Å². The molecule has 1 aliphatic heterocycles. The van der Waals surface area contributed by atoms with Gasteiger partial charge in [-0.15, -0.1) is 0 Å². The molecule has 1 aromatic heterocycles. The van der Waals surface area contributed by atoms with E-state index in [0.717, 1.165) is 5.56 Å². The summed E-state index contributed by atoms with van der Waals surface area (Å²) in [4.78, 5) is 15.2. The first-order chi connectivity index (χ1) is 9.91. The van der Waals surface area contributed by atoms with E-state index in [1.54, 1.807) is 30.5 Å². The van der Waals surface area contributed by atoms with Crippen molar-refractivity contribution >= 4 is 26.9 Å². The van der Waals surface area contributed by atoms with Crippen LogP contribution in [0.3, 0.4) is 0 Å². The summed E-state index contributed by atoms with van der Waals surface area (Å²) in [6.07, 6.45) is 1.62. The molecular formula is C14H14N2O4S. The number of sulfonamides is 1. The normalized spacial score (nSPS) is 16.8. The maximum atomic E-state index is 12.6. The van der Waals surface area contributed by atoms with E-state index in [1.165, 1.54) is 4.31 Å². The van der Waals surface area contributed by atoms with Crippen molar-refractivity contribution in [1.29, 1.82) is 0 Å². The van der Waals surface area contributed by atoms with Gasteiger partial charge in [0.2, 0.25) is 10.0 Å². The zero-order chi connectivity index (χ0) is 15.2. The lowest BCUT2D eigenvalue weighted by Gasteiger charge is -2.35. The number of hydrogen-bond donors (Lipinski definition) is 1. The smallest absolute Gasteiger partial charge is 0.309 e. The van der Waals surface area contributed by atoms with Gasteiger partial charge >= 0.3 is 5.97 Å². The lowest BCUT2D eigenvalue weighted by Crippen LogP contribution is -2.52. The summed E-state index contributed by atoms with van der Waals surface area (Å²) in [6.45, 7) is 1.91. The number of aromatic nitrogens is 1. The largest absolute Gasteiger partial charge is 0.481 e. The topological polar surface area (TPSA) is 87.6 Å². The zero-order valence-electron chi connectivity index (χ0n) is 11.4. The van der Waals surface area contributed by atoms with Gasteiger partial charge in [-0.05, 0) is 30.7 Å². The van der Waals surface area contributed by atoms with Crippen molar-refractivity contribution in [2.24, 2.45) is 5.92 Å². The van der Waals surface area contributed by atoms with E-state index in [4.69, 9.17) is 5.11 Å². The fourth-order valence-corrected chi connectivity index (χ4v) is 4.16. The number of rotatable bonds is 3. The maximum absolute atomic E-state index is 12.6. The minimum absolute atomic E-state index is 0.0211. The lowest BCUT2D eigenvalue weighted by atomic mass is 10.0. The number of pyridine rings is 1. The number of benzene rings is 1. The Morgan fingerprint density at radius 1 is 1.33 bits per heavy atom. The number of fused-ring (bicyclic) bond motifs is 1. The number of carbonyl (C=O) groups is 1. The van der Waals surface area contributed by atoms with Crippen LogP contribution < -0.4 is 0 Å². The van der Waals surface area contributed by atoms with E-state index in [9.17, 15) is 13.2 Å². The highest BCUT2D eigenvalue weighted by molar-refractivity contribution is 7.89. The van der Waals surface area contributed by atoms with Crippen LogP contribution in [0.25, 0.3) is 10.9 Å². The van der Waals surface area contributed by atoms with Crippen molar-refractivity contribution < 1.29 is 18.3 Å². The Bertz CT molecular complexity index is 826. The molecule has 7 heteroatoms. The molecule has 1 aromatic carbocycles. The van der Waals surface area contributed by atoms with Gasteiger partial charge in [-0.3, -0.25) is 9.78 Å². The minimum atomic E-state index is -3.68. The van der Waals surface area contributed by atoms with Gasteiger partial charge in [0.05, 0.1) is 16.3 Å². The highest BCUT2D eigenvalue weighted by atomic mass is 32.2. The van der Waals surface area contributed by atoms with Crippen LogP contribution in [0.15, 0.2) is 35.4 Å². The summed E-state index contributed by atoms with van der Waals surface area (Å²) < 4.78 is 26.4. The predicted molar refractivity (Wildman–Crippen MR) is 76.4 cm³/mol. The molecule has 0 aliphatic carbocycles. The van der Waals surface area contributed by atoms with E-state index in [0.29, 0.717) is 10.9 Å². The Morgan fingerprint density at radius 2 is 2.05 bits per heavy atom. The van der Waals surface area contributed by atoms with E-state index in [1.807, 2.05) is 6.92 Å². The van der Waals surface area contributed by atoms with Crippen LogP contribution in [0.5, 0.6) is 0 Å². The number of hydrogen-bond acceptors (Lipinski definition) is 4. The van der Waals surface area contributed by atoms with E-state index < -0.39 is 21.9 Å². The van der Waals surface area contributed by atoms with Gasteiger partial charge < -0.3 is 5.11 Å². The first-order valence-corrected chi connectivity index (χ1v) is 7.92. The summed E-state index contributed by atoms with van der Waals surface area (Å²) in [7, 11) is -3.68. The van der Waals surface area contributed by atoms with Gasteiger partial charge in [-0.25, -0.2) is 8.42 Å². The van der Waals surface area contributed by atoms with Gasteiger partial charge in [-0.1, -0.05) is 6.07 Å². The molecule has 0 amide bonds. The maximum Gasteiger partial charge on any atom is 0.309 e. The van der Waals surface area contributed by atoms with Crippen molar-refractivity contribution in [1.82, 2.24) is 9.29 Å². The second-order valence-electron chi connectivity index (χ2n) is 5.14. The Hall–Kier alpha value is -1.99. The molecule has 21 heavy (non-hydrogen) atoms. The van der Waals surface area contributed by atoms with Crippen molar-refractivity contribution in [3.63, 3.8) is 0 Å². The molecule has 1 aliphatic rings. The fourth-order valence-electron chi connectivity index (χ4n) is 2.44. The molecule has 6 nitrogen and oxygen atoms in total. The van der Waals surface area contributed by atoms with Crippen molar-refractivity contribution in [3.05, 3.63) is 36.0 Å². The van der Waals surface area contributed by atoms with Crippen LogP contribution in [0.2, 0.25) is 0 Å². The van der Waals surface area contributed by atoms with Gasteiger partial charge in [0.1, 0.15) is 0 Å². The zero-order valence-corrected chi connectivity index (χ0v) is 12.2. The van der Waals surface area contributed by atoms with Crippen LogP contribution >= 0.6 is 0 Å². The van der Waals surface area contributed by atoms with E-state index >= 15 is 0 Å². The SMILES string of the molecule is Cc1ccc(S(=O)(=O)N2CC(C(=O)O)C2)c2cccnc12. The number of nitrogens with zero attached hydrogens (tertiary/aromatic N) is 2. The summed E-state index contributed by atoms with van der Waals surface area (Å²) in [5.74, 6) is -1.58. The molecule has 0 unspecified atom stereocenters. The number of aliphatic carboxylic acids is 1. The molecule has 0 bridgehead atoms. The molecule has 3 rings (SSSR count). The number of aryl methyl sites for hydroxylation is 1. The van der Waals surface area contributed by atoms with Crippen LogP contribution in [0, 0.1) is 12.8 Å². The van der Waals surface area contributed by atoms with Gasteiger partial charge in [0, 0.05) is 24.7 Å². The third-order valence-corrected chi connectivity index (χ3v) is 5.64. The molecule has 1 saturated heterocycles. The molecule has 0 atom stereocenters. The highest BCUT2D eigenvalue weighted by Crippen LogP contribution is 2.30. The van der Waals surface area contributed by atoms with Crippen molar-refractivity contribution in [2.75, 3.05) is 13.1 Å². The third kappa shape index (κ3) is 2.18. The van der Waals surface area contributed by atoms with Gasteiger partial charge in [0.15, 0.2) is 0 Å². The van der Waals surface area contributed by atoms with Crippen LogP contribution in [0.4, 0.5) is 0 Å². The highest BCUT2D eigenvalue weighted by Gasteiger charge is 2.41. The molecule has 1 fully saturated rings. The molecule has 2 heterocycles. The fraction of sp³-hybridized carbons (Fsp3) is 0.286. The van der Waals surface area contributed by atoms with Crippen LogP contribution in [-0.2, 0) is 14.8 Å². The second-order valence-corrected chi connectivity index (χ2v) is 7.04. The predicted octanol–water partition coefficient (Wildman–Crippen LogP) is 1.25. The van der Waals surface area contributed by atoms with Crippen LogP contribution in [0.1, 0.15) is 5.56 Å². The Kier molecular flexibility index (Phi) is 3.18. The average molecular weight is 306 g/mol. The molecule has 110 valence electrons. The summed E-state index contributed by atoms with van der Waals surface area (Å²) in [6, 6.07) is 6.69. The average Bonchev–Trinajstić information content (AvgIpc) is 2.36.